The first-order valence-electron chi connectivity index (χ1n) is 5.34. The third kappa shape index (κ3) is 3.89. The van der Waals surface area contributed by atoms with E-state index < -0.39 is 17.7 Å². The predicted molar refractivity (Wildman–Crippen MR) is 65.1 cm³/mol. The Labute approximate surface area is 104 Å². The van der Waals surface area contributed by atoms with Gasteiger partial charge in [-0.2, -0.15) is 0 Å². The van der Waals surface area contributed by atoms with Crippen molar-refractivity contribution >= 4 is 17.7 Å². The van der Waals surface area contributed by atoms with Gasteiger partial charge in [0.2, 0.25) is 17.7 Å². The van der Waals surface area contributed by atoms with Gasteiger partial charge in [0.1, 0.15) is 0 Å². The van der Waals surface area contributed by atoms with Crippen LogP contribution in [-0.4, -0.2) is 17.7 Å². The van der Waals surface area contributed by atoms with E-state index in [0.29, 0.717) is 16.7 Å². The van der Waals surface area contributed by atoms with E-state index in [9.17, 15) is 14.4 Å². The van der Waals surface area contributed by atoms with Gasteiger partial charge in [0.25, 0.3) is 0 Å². The molecule has 0 heterocycles. The van der Waals surface area contributed by atoms with Crippen LogP contribution in [0.3, 0.4) is 0 Å². The molecule has 0 aliphatic carbocycles. The maximum absolute atomic E-state index is 11.0. The van der Waals surface area contributed by atoms with Gasteiger partial charge < -0.3 is 17.2 Å². The molecule has 6 nitrogen and oxygen atoms in total. The lowest BCUT2D eigenvalue weighted by Gasteiger charge is -2.11. The van der Waals surface area contributed by atoms with Crippen LogP contribution in [-0.2, 0) is 33.6 Å². The predicted octanol–water partition coefficient (Wildman–Crippen LogP) is -1.23. The Morgan fingerprint density at radius 2 is 1.17 bits per heavy atom. The monoisotopic (exact) mass is 249 g/mol. The molecule has 0 aliphatic heterocycles. The first kappa shape index (κ1) is 13.7. The summed E-state index contributed by atoms with van der Waals surface area (Å²) in [6.45, 7) is 0. The minimum absolute atomic E-state index is 0.00475. The van der Waals surface area contributed by atoms with Crippen molar-refractivity contribution in [3.05, 3.63) is 34.9 Å². The largest absolute Gasteiger partial charge is 0.369 e. The summed E-state index contributed by atoms with van der Waals surface area (Å²) in [5.41, 5.74) is 17.2. The van der Waals surface area contributed by atoms with Gasteiger partial charge in [-0.05, 0) is 16.7 Å². The van der Waals surface area contributed by atoms with Gasteiger partial charge >= 0.3 is 0 Å². The van der Waals surface area contributed by atoms with Crippen LogP contribution >= 0.6 is 0 Å². The Bertz CT molecular complexity index is 463. The summed E-state index contributed by atoms with van der Waals surface area (Å²) < 4.78 is 0. The fraction of sp³-hybridized carbons (Fsp3) is 0.250. The van der Waals surface area contributed by atoms with Gasteiger partial charge in [-0.1, -0.05) is 18.2 Å². The molecule has 0 radical (unpaired) electrons. The van der Waals surface area contributed by atoms with Crippen LogP contribution in [0.4, 0.5) is 0 Å². The number of carbonyl (C=O) groups is 3. The van der Waals surface area contributed by atoms with Crippen molar-refractivity contribution in [3.8, 4) is 0 Å². The molecule has 1 aromatic carbocycles. The second kappa shape index (κ2) is 5.81. The van der Waals surface area contributed by atoms with Crippen molar-refractivity contribution in [3.63, 3.8) is 0 Å². The van der Waals surface area contributed by atoms with Gasteiger partial charge in [0.15, 0.2) is 0 Å². The topological polar surface area (TPSA) is 129 Å². The summed E-state index contributed by atoms with van der Waals surface area (Å²) >= 11 is 0. The molecule has 0 fully saturated rings. The zero-order chi connectivity index (χ0) is 13.7. The highest BCUT2D eigenvalue weighted by atomic mass is 16.1. The maximum Gasteiger partial charge on any atom is 0.221 e. The summed E-state index contributed by atoms with van der Waals surface area (Å²) in [5.74, 6) is -1.58. The standard InChI is InChI=1S/C12H15N3O3/c13-10(16)4-7-2-1-3-8(5-11(14)17)9(7)6-12(15)18/h1-3H,4-6H2,(H2,13,16)(H2,14,17)(H2,15,18). The van der Waals surface area contributed by atoms with Crippen molar-refractivity contribution in [1.29, 1.82) is 0 Å². The van der Waals surface area contributed by atoms with Gasteiger partial charge in [0.05, 0.1) is 19.3 Å². The van der Waals surface area contributed by atoms with Crippen molar-refractivity contribution in [2.75, 3.05) is 0 Å². The van der Waals surface area contributed by atoms with Crippen LogP contribution in [0.25, 0.3) is 0 Å². The molecule has 96 valence electrons. The number of amides is 3. The van der Waals surface area contributed by atoms with Crippen molar-refractivity contribution in [2.45, 2.75) is 19.3 Å². The third-order valence-electron chi connectivity index (χ3n) is 2.45. The molecule has 0 saturated carbocycles. The molecule has 0 aliphatic rings. The van der Waals surface area contributed by atoms with Gasteiger partial charge in [-0.15, -0.1) is 0 Å². The Kier molecular flexibility index (Phi) is 4.42. The number of benzene rings is 1. The number of primary amides is 3. The molecule has 0 spiro atoms. The number of nitrogens with two attached hydrogens (primary N) is 3. The summed E-state index contributed by atoms with van der Waals surface area (Å²) in [5, 5.41) is 0. The lowest BCUT2D eigenvalue weighted by molar-refractivity contribution is -0.118. The second-order valence-electron chi connectivity index (χ2n) is 3.98. The first-order valence-corrected chi connectivity index (χ1v) is 5.34. The fourth-order valence-corrected chi connectivity index (χ4v) is 1.80. The van der Waals surface area contributed by atoms with Crippen LogP contribution in [0.15, 0.2) is 18.2 Å². The van der Waals surface area contributed by atoms with E-state index in [1.807, 2.05) is 0 Å². The van der Waals surface area contributed by atoms with Crippen molar-refractivity contribution in [2.24, 2.45) is 17.2 Å². The van der Waals surface area contributed by atoms with E-state index in [0.717, 1.165) is 0 Å². The second-order valence-corrected chi connectivity index (χ2v) is 3.98. The molecule has 0 aromatic heterocycles. The summed E-state index contributed by atoms with van der Waals surface area (Å²) in [4.78, 5) is 32.9. The van der Waals surface area contributed by atoms with E-state index in [4.69, 9.17) is 17.2 Å². The zero-order valence-corrected chi connectivity index (χ0v) is 9.81. The fourth-order valence-electron chi connectivity index (χ4n) is 1.80. The van der Waals surface area contributed by atoms with Gasteiger partial charge in [-0.25, -0.2) is 0 Å². The Balaban J connectivity index is 3.19. The highest BCUT2D eigenvalue weighted by Crippen LogP contribution is 2.17. The molecule has 0 saturated heterocycles. The number of hydrogen-bond acceptors (Lipinski definition) is 3. The molecule has 0 atom stereocenters. The molecule has 0 bridgehead atoms. The van der Waals surface area contributed by atoms with Crippen molar-refractivity contribution < 1.29 is 14.4 Å². The van der Waals surface area contributed by atoms with Crippen LogP contribution in [0.5, 0.6) is 0 Å². The van der Waals surface area contributed by atoms with E-state index >= 15 is 0 Å². The Morgan fingerprint density at radius 3 is 1.50 bits per heavy atom. The molecular weight excluding hydrogens is 234 g/mol. The number of rotatable bonds is 6. The minimum atomic E-state index is -0.544. The molecule has 6 heteroatoms. The smallest absolute Gasteiger partial charge is 0.221 e. The van der Waals surface area contributed by atoms with Crippen LogP contribution in [0, 0.1) is 0 Å². The first-order chi connectivity index (χ1) is 8.40. The van der Waals surface area contributed by atoms with Crippen molar-refractivity contribution in [1.82, 2.24) is 0 Å². The number of carbonyl (C=O) groups excluding carboxylic acids is 3. The van der Waals surface area contributed by atoms with Crippen LogP contribution in [0.1, 0.15) is 16.7 Å². The molecule has 1 aromatic rings. The van der Waals surface area contributed by atoms with E-state index in [2.05, 4.69) is 0 Å². The van der Waals surface area contributed by atoms with Crippen LogP contribution in [0.2, 0.25) is 0 Å². The molecule has 18 heavy (non-hydrogen) atoms. The van der Waals surface area contributed by atoms with E-state index in [1.54, 1.807) is 18.2 Å². The quantitative estimate of drug-likeness (QED) is 0.583. The highest BCUT2D eigenvalue weighted by molar-refractivity contribution is 5.82. The average molecular weight is 249 g/mol. The third-order valence-corrected chi connectivity index (χ3v) is 2.45. The van der Waals surface area contributed by atoms with Gasteiger partial charge in [0, 0.05) is 0 Å². The molecule has 3 amide bonds. The minimum Gasteiger partial charge on any atom is -0.369 e. The summed E-state index contributed by atoms with van der Waals surface area (Å²) in [6.07, 6.45) is -0.0590. The molecule has 1 rings (SSSR count). The SMILES string of the molecule is NC(=O)Cc1cccc(CC(N)=O)c1CC(N)=O. The maximum atomic E-state index is 11.0. The summed E-state index contributed by atoms with van der Waals surface area (Å²) in [7, 11) is 0. The molecular formula is C12H15N3O3. The van der Waals surface area contributed by atoms with E-state index in [-0.39, 0.29) is 19.3 Å². The van der Waals surface area contributed by atoms with E-state index in [1.165, 1.54) is 0 Å². The van der Waals surface area contributed by atoms with Gasteiger partial charge in [-0.3, -0.25) is 14.4 Å². The zero-order valence-electron chi connectivity index (χ0n) is 9.81. The Morgan fingerprint density at radius 1 is 0.778 bits per heavy atom. The molecule has 0 unspecified atom stereocenters. The van der Waals surface area contributed by atoms with Crippen LogP contribution < -0.4 is 17.2 Å². The average Bonchev–Trinajstić information content (AvgIpc) is 2.20. The lowest BCUT2D eigenvalue weighted by atomic mass is 9.94. The summed E-state index contributed by atoms with van der Waals surface area (Å²) in [6, 6.07) is 5.03. The molecule has 6 N–H and O–H groups in total. The normalized spacial score (nSPS) is 10.0. The highest BCUT2D eigenvalue weighted by Gasteiger charge is 2.13. The lowest BCUT2D eigenvalue weighted by Crippen LogP contribution is -2.21. The number of hydrogen-bond donors (Lipinski definition) is 3. The Hall–Kier alpha value is -2.37.